The monoisotopic (exact) mass is 261 g/mol. The van der Waals surface area contributed by atoms with E-state index >= 15 is 0 Å². The molecule has 0 amide bonds. The molecule has 1 aliphatic rings. The Labute approximate surface area is 99.3 Å². The van der Waals surface area contributed by atoms with Crippen molar-refractivity contribution in [2.45, 2.75) is 25.4 Å². The molecule has 16 heavy (non-hydrogen) atoms. The van der Waals surface area contributed by atoms with Crippen molar-refractivity contribution in [3.8, 4) is 0 Å². The molecule has 0 spiro atoms. The van der Waals surface area contributed by atoms with Crippen LogP contribution in [0.25, 0.3) is 0 Å². The van der Waals surface area contributed by atoms with Crippen molar-refractivity contribution in [1.82, 2.24) is 15.0 Å². The summed E-state index contributed by atoms with van der Waals surface area (Å²) in [5, 5.41) is 5.02. The van der Waals surface area contributed by atoms with Crippen LogP contribution in [0.5, 0.6) is 0 Å². The van der Waals surface area contributed by atoms with Gasteiger partial charge in [-0.2, -0.15) is 0 Å². The van der Waals surface area contributed by atoms with E-state index in [-0.39, 0.29) is 11.8 Å². The summed E-state index contributed by atoms with van der Waals surface area (Å²) in [5.74, 6) is 0.164. The Bertz CT molecular complexity index is 410. The van der Waals surface area contributed by atoms with Crippen molar-refractivity contribution in [2.24, 2.45) is 0 Å². The molecule has 1 unspecified atom stereocenters. The summed E-state index contributed by atoms with van der Waals surface area (Å²) < 4.78 is 26.0. The maximum absolute atomic E-state index is 11.7. The Balaban J connectivity index is 1.82. The highest BCUT2D eigenvalue weighted by Gasteiger charge is 2.21. The smallest absolute Gasteiger partial charge is 0.213 e. The molecule has 90 valence electrons. The normalized spacial score (nSPS) is 21.4. The maximum atomic E-state index is 11.7. The highest BCUT2D eigenvalue weighted by Crippen LogP contribution is 2.07. The van der Waals surface area contributed by atoms with Crippen molar-refractivity contribution in [2.75, 3.05) is 12.3 Å². The quantitative estimate of drug-likeness (QED) is 0.800. The zero-order chi connectivity index (χ0) is 11.4. The molecule has 0 bridgehead atoms. The summed E-state index contributed by atoms with van der Waals surface area (Å²) in [5.41, 5.74) is 2.47. The molecule has 2 N–H and O–H groups in total. The van der Waals surface area contributed by atoms with Crippen molar-refractivity contribution >= 4 is 21.4 Å². The molecular weight excluding hydrogens is 246 g/mol. The highest BCUT2D eigenvalue weighted by molar-refractivity contribution is 7.89. The molecule has 0 aromatic carbocycles. The Morgan fingerprint density at radius 3 is 3.12 bits per heavy atom. The van der Waals surface area contributed by atoms with E-state index in [9.17, 15) is 8.42 Å². The first-order valence-electron chi connectivity index (χ1n) is 5.23. The number of hydrogen-bond donors (Lipinski definition) is 2. The summed E-state index contributed by atoms with van der Waals surface area (Å²) >= 11 is 1.46. The summed E-state index contributed by atoms with van der Waals surface area (Å²) in [6.45, 7) is 1.21. The van der Waals surface area contributed by atoms with E-state index in [1.165, 1.54) is 11.3 Å². The molecule has 0 radical (unpaired) electrons. The molecule has 2 rings (SSSR count). The van der Waals surface area contributed by atoms with E-state index in [1.807, 2.05) is 5.38 Å². The third-order valence-corrected chi connectivity index (χ3v) is 4.60. The molecular formula is C9H15N3O2S2. The lowest BCUT2D eigenvalue weighted by Gasteiger charge is -2.11. The van der Waals surface area contributed by atoms with Crippen LogP contribution >= 0.6 is 11.3 Å². The van der Waals surface area contributed by atoms with Crippen molar-refractivity contribution in [1.29, 1.82) is 0 Å². The van der Waals surface area contributed by atoms with Gasteiger partial charge in [-0.1, -0.05) is 0 Å². The van der Waals surface area contributed by atoms with Crippen LogP contribution in [0, 0.1) is 0 Å². The van der Waals surface area contributed by atoms with E-state index in [0.717, 1.165) is 25.1 Å². The van der Waals surface area contributed by atoms with Crippen LogP contribution in [0.1, 0.15) is 18.5 Å². The molecule has 1 aromatic heterocycles. The van der Waals surface area contributed by atoms with Crippen LogP contribution in [0.4, 0.5) is 0 Å². The minimum atomic E-state index is -3.19. The van der Waals surface area contributed by atoms with Crippen LogP contribution < -0.4 is 10.0 Å². The Morgan fingerprint density at radius 2 is 2.50 bits per heavy atom. The van der Waals surface area contributed by atoms with Gasteiger partial charge in [-0.15, -0.1) is 11.3 Å². The van der Waals surface area contributed by atoms with Gasteiger partial charge in [0.15, 0.2) is 0 Å². The molecule has 7 heteroatoms. The average molecular weight is 261 g/mol. The zero-order valence-corrected chi connectivity index (χ0v) is 10.5. The standard InChI is InChI=1S/C9H15N3O2S2/c13-16(14,6-8-2-1-3-10-8)12-4-9-5-15-7-11-9/h5,7-8,10,12H,1-4,6H2. The van der Waals surface area contributed by atoms with E-state index in [4.69, 9.17) is 0 Å². The zero-order valence-electron chi connectivity index (χ0n) is 8.85. The van der Waals surface area contributed by atoms with Gasteiger partial charge in [0, 0.05) is 11.4 Å². The highest BCUT2D eigenvalue weighted by atomic mass is 32.2. The predicted octanol–water partition coefficient (Wildman–Crippen LogP) is 0.314. The number of nitrogens with zero attached hydrogens (tertiary/aromatic N) is 1. The van der Waals surface area contributed by atoms with E-state index in [2.05, 4.69) is 15.0 Å². The van der Waals surface area contributed by atoms with Crippen LogP contribution in [0.2, 0.25) is 0 Å². The van der Waals surface area contributed by atoms with Gasteiger partial charge in [-0.3, -0.25) is 0 Å². The summed E-state index contributed by atoms with van der Waals surface area (Å²) in [4.78, 5) is 4.03. The van der Waals surface area contributed by atoms with Crippen LogP contribution in [-0.4, -0.2) is 31.7 Å². The molecule has 1 atom stereocenters. The molecule has 0 aliphatic carbocycles. The maximum Gasteiger partial charge on any atom is 0.213 e. The second kappa shape index (κ2) is 5.22. The van der Waals surface area contributed by atoms with Crippen molar-refractivity contribution in [3.05, 3.63) is 16.6 Å². The first-order chi connectivity index (χ1) is 7.66. The number of rotatable bonds is 5. The molecule has 1 aromatic rings. The predicted molar refractivity (Wildman–Crippen MR) is 63.8 cm³/mol. The van der Waals surface area contributed by atoms with Gasteiger partial charge in [0.05, 0.1) is 23.5 Å². The summed E-state index contributed by atoms with van der Waals surface area (Å²) in [6.07, 6.45) is 2.00. The SMILES string of the molecule is O=S(=O)(CC1CCCN1)NCc1cscn1. The molecule has 1 fully saturated rings. The fraction of sp³-hybridized carbons (Fsp3) is 0.667. The van der Waals surface area contributed by atoms with E-state index in [1.54, 1.807) is 5.51 Å². The summed E-state index contributed by atoms with van der Waals surface area (Å²) in [6, 6.07) is 0.105. The third-order valence-electron chi connectivity index (χ3n) is 2.54. The number of sulfonamides is 1. The minimum absolute atomic E-state index is 0.105. The Morgan fingerprint density at radius 1 is 1.62 bits per heavy atom. The lowest BCUT2D eigenvalue weighted by molar-refractivity contribution is 0.563. The minimum Gasteiger partial charge on any atom is -0.313 e. The van der Waals surface area contributed by atoms with Gasteiger partial charge in [-0.25, -0.2) is 18.1 Å². The average Bonchev–Trinajstić information content (AvgIpc) is 2.85. The number of aromatic nitrogens is 1. The fourth-order valence-corrected chi connectivity index (χ4v) is 3.59. The van der Waals surface area contributed by atoms with E-state index < -0.39 is 10.0 Å². The van der Waals surface area contributed by atoms with Gasteiger partial charge >= 0.3 is 0 Å². The number of thiazole rings is 1. The number of hydrogen-bond acceptors (Lipinski definition) is 5. The fourth-order valence-electron chi connectivity index (χ4n) is 1.73. The molecule has 1 aliphatic heterocycles. The molecule has 0 saturated carbocycles. The third kappa shape index (κ3) is 3.51. The summed E-state index contributed by atoms with van der Waals surface area (Å²) in [7, 11) is -3.19. The largest absolute Gasteiger partial charge is 0.313 e. The first kappa shape index (κ1) is 12.0. The topological polar surface area (TPSA) is 71.1 Å². The molecule has 2 heterocycles. The van der Waals surface area contributed by atoms with Gasteiger partial charge in [0.25, 0.3) is 0 Å². The molecule has 5 nitrogen and oxygen atoms in total. The van der Waals surface area contributed by atoms with Crippen LogP contribution in [0.15, 0.2) is 10.9 Å². The lowest BCUT2D eigenvalue weighted by atomic mass is 10.3. The van der Waals surface area contributed by atoms with Gasteiger partial charge < -0.3 is 5.32 Å². The van der Waals surface area contributed by atoms with Crippen LogP contribution in [-0.2, 0) is 16.6 Å². The van der Waals surface area contributed by atoms with Gasteiger partial charge in [0.1, 0.15) is 0 Å². The Kier molecular flexibility index (Phi) is 3.91. The molecule has 1 saturated heterocycles. The van der Waals surface area contributed by atoms with Crippen molar-refractivity contribution in [3.63, 3.8) is 0 Å². The van der Waals surface area contributed by atoms with Crippen LogP contribution in [0.3, 0.4) is 0 Å². The lowest BCUT2D eigenvalue weighted by Crippen LogP contribution is -2.36. The van der Waals surface area contributed by atoms with Gasteiger partial charge in [-0.05, 0) is 19.4 Å². The van der Waals surface area contributed by atoms with Gasteiger partial charge in [0.2, 0.25) is 10.0 Å². The second-order valence-electron chi connectivity index (χ2n) is 3.88. The number of nitrogens with one attached hydrogen (secondary N) is 2. The second-order valence-corrected chi connectivity index (χ2v) is 6.45. The first-order valence-corrected chi connectivity index (χ1v) is 7.83. The van der Waals surface area contributed by atoms with E-state index in [0.29, 0.717) is 6.54 Å². The van der Waals surface area contributed by atoms with Crippen molar-refractivity contribution < 1.29 is 8.42 Å². The Hall–Kier alpha value is -0.500.